The lowest BCUT2D eigenvalue weighted by Crippen LogP contribution is -2.33. The number of ether oxygens (including phenoxy) is 1. The molecule has 2 atom stereocenters. The Hall–Kier alpha value is -3.13. The molecule has 0 radical (unpaired) electrons. The second-order valence-corrected chi connectivity index (χ2v) is 7.54. The summed E-state index contributed by atoms with van der Waals surface area (Å²) in [7, 11) is 0. The Labute approximate surface area is 168 Å². The van der Waals surface area contributed by atoms with Gasteiger partial charge in [0.1, 0.15) is 17.2 Å². The molecule has 2 aliphatic rings. The molecular weight excluding hydrogens is 426 g/mol. The Bertz CT molecular complexity index is 1100. The largest absolute Gasteiger partial charge is 0.464 e. The second-order valence-electron chi connectivity index (χ2n) is 6.63. The van der Waals surface area contributed by atoms with Crippen molar-refractivity contribution < 1.29 is 14.1 Å². The summed E-state index contributed by atoms with van der Waals surface area (Å²) in [6.45, 7) is 0. The molecule has 140 valence electrons. The zero-order valence-electron chi connectivity index (χ0n) is 14.5. The third-order valence-electron chi connectivity index (χ3n) is 4.92. The summed E-state index contributed by atoms with van der Waals surface area (Å²) in [5, 5.41) is 17.8. The van der Waals surface area contributed by atoms with Crippen molar-refractivity contribution >= 4 is 27.3 Å². The number of rotatable bonds is 3. The van der Waals surface area contributed by atoms with E-state index in [1.54, 1.807) is 12.3 Å². The molecule has 0 unspecified atom stereocenters. The quantitative estimate of drug-likeness (QED) is 0.414. The summed E-state index contributed by atoms with van der Waals surface area (Å²) in [5.74, 6) is 1.46. The summed E-state index contributed by atoms with van der Waals surface area (Å²) >= 11 is 3.52. The number of furan rings is 1. The fourth-order valence-electron chi connectivity index (χ4n) is 3.66. The van der Waals surface area contributed by atoms with Gasteiger partial charge in [0, 0.05) is 34.2 Å². The zero-order chi connectivity index (χ0) is 19.3. The lowest BCUT2D eigenvalue weighted by atomic mass is 9.97. The van der Waals surface area contributed by atoms with Crippen LogP contribution in [0.2, 0.25) is 0 Å². The lowest BCUT2D eigenvalue weighted by Gasteiger charge is -2.38. The number of nitrogens with zero attached hydrogens (tertiary/aromatic N) is 3. The molecule has 28 heavy (non-hydrogen) atoms. The highest BCUT2D eigenvalue weighted by molar-refractivity contribution is 9.10. The van der Waals surface area contributed by atoms with E-state index in [1.165, 1.54) is 12.1 Å². The molecule has 5 rings (SSSR count). The lowest BCUT2D eigenvalue weighted by molar-refractivity contribution is -0.385. The SMILES string of the molecule is O=[N+]([O-])c1cccc([C@H]2Oc3ccc(Br)cc3[C@H]3CC(c4ccco4)=NN32)c1. The Kier molecular flexibility index (Phi) is 3.94. The third kappa shape index (κ3) is 2.77. The van der Waals surface area contributed by atoms with Crippen LogP contribution in [0.15, 0.2) is 74.9 Å². The number of hydrogen-bond acceptors (Lipinski definition) is 6. The Balaban J connectivity index is 1.62. The van der Waals surface area contributed by atoms with E-state index in [4.69, 9.17) is 14.3 Å². The van der Waals surface area contributed by atoms with Gasteiger partial charge >= 0.3 is 0 Å². The van der Waals surface area contributed by atoms with Crippen molar-refractivity contribution in [2.24, 2.45) is 5.10 Å². The maximum atomic E-state index is 11.2. The smallest absolute Gasteiger partial charge is 0.269 e. The van der Waals surface area contributed by atoms with E-state index in [-0.39, 0.29) is 11.7 Å². The van der Waals surface area contributed by atoms with Crippen molar-refractivity contribution in [2.75, 3.05) is 0 Å². The molecule has 1 aromatic heterocycles. The number of hydrogen-bond donors (Lipinski definition) is 0. The predicted molar refractivity (Wildman–Crippen MR) is 105 cm³/mol. The number of benzene rings is 2. The third-order valence-corrected chi connectivity index (χ3v) is 5.42. The number of nitro benzene ring substituents is 1. The fourth-order valence-corrected chi connectivity index (χ4v) is 4.04. The van der Waals surface area contributed by atoms with E-state index in [2.05, 4.69) is 15.9 Å². The minimum atomic E-state index is -0.564. The molecule has 0 N–H and O–H groups in total. The number of non-ortho nitro benzene ring substituents is 1. The van der Waals surface area contributed by atoms with Crippen molar-refractivity contribution in [2.45, 2.75) is 18.7 Å². The molecule has 2 aromatic carbocycles. The van der Waals surface area contributed by atoms with Crippen LogP contribution in [0.25, 0.3) is 0 Å². The summed E-state index contributed by atoms with van der Waals surface area (Å²) in [6.07, 6.45) is 1.71. The minimum absolute atomic E-state index is 0.0219. The van der Waals surface area contributed by atoms with E-state index in [9.17, 15) is 10.1 Å². The van der Waals surface area contributed by atoms with Crippen molar-refractivity contribution in [3.05, 3.63) is 92.3 Å². The van der Waals surface area contributed by atoms with Crippen LogP contribution in [0.4, 0.5) is 5.69 Å². The molecule has 0 fully saturated rings. The number of hydrazone groups is 1. The highest BCUT2D eigenvalue weighted by Gasteiger charge is 2.41. The van der Waals surface area contributed by atoms with Crippen molar-refractivity contribution in [3.8, 4) is 5.75 Å². The first-order chi connectivity index (χ1) is 13.6. The van der Waals surface area contributed by atoms with Crippen LogP contribution >= 0.6 is 15.9 Å². The molecule has 0 saturated heterocycles. The molecule has 3 aromatic rings. The monoisotopic (exact) mass is 439 g/mol. The highest BCUT2D eigenvalue weighted by atomic mass is 79.9. The van der Waals surface area contributed by atoms with Crippen LogP contribution in [-0.2, 0) is 0 Å². The average molecular weight is 440 g/mol. The van der Waals surface area contributed by atoms with Crippen LogP contribution in [0, 0.1) is 10.1 Å². The number of nitro groups is 1. The van der Waals surface area contributed by atoms with E-state index < -0.39 is 11.2 Å². The molecule has 0 amide bonds. The molecule has 7 nitrogen and oxygen atoms in total. The van der Waals surface area contributed by atoms with E-state index in [0.29, 0.717) is 17.7 Å². The Morgan fingerprint density at radius 2 is 2.07 bits per heavy atom. The van der Waals surface area contributed by atoms with Crippen LogP contribution in [0.1, 0.15) is 35.6 Å². The van der Waals surface area contributed by atoms with E-state index in [0.717, 1.165) is 21.5 Å². The summed E-state index contributed by atoms with van der Waals surface area (Å²) in [4.78, 5) is 10.8. The van der Waals surface area contributed by atoms with Gasteiger partial charge in [-0.15, -0.1) is 0 Å². The molecule has 8 heteroatoms. The fraction of sp³-hybridized carbons (Fsp3) is 0.150. The zero-order valence-corrected chi connectivity index (χ0v) is 16.1. The minimum Gasteiger partial charge on any atom is -0.464 e. The molecule has 0 bridgehead atoms. The van der Waals surface area contributed by atoms with Crippen molar-refractivity contribution in [1.82, 2.24) is 5.01 Å². The van der Waals surface area contributed by atoms with Gasteiger partial charge in [-0.1, -0.05) is 28.1 Å². The van der Waals surface area contributed by atoms with Gasteiger partial charge in [-0.05, 0) is 30.3 Å². The van der Waals surface area contributed by atoms with Gasteiger partial charge in [0.25, 0.3) is 5.69 Å². The Morgan fingerprint density at radius 1 is 1.18 bits per heavy atom. The highest BCUT2D eigenvalue weighted by Crippen LogP contribution is 2.48. The molecule has 0 aliphatic carbocycles. The first-order valence-electron chi connectivity index (χ1n) is 8.70. The maximum absolute atomic E-state index is 11.2. The van der Waals surface area contributed by atoms with Crippen molar-refractivity contribution in [3.63, 3.8) is 0 Å². The van der Waals surface area contributed by atoms with Gasteiger partial charge in [-0.2, -0.15) is 5.10 Å². The molecule has 0 saturated carbocycles. The van der Waals surface area contributed by atoms with E-state index in [1.807, 2.05) is 41.4 Å². The Morgan fingerprint density at radius 3 is 2.86 bits per heavy atom. The van der Waals surface area contributed by atoms with Gasteiger partial charge in [-0.25, -0.2) is 5.01 Å². The second kappa shape index (κ2) is 6.49. The molecule has 2 aliphatic heterocycles. The first kappa shape index (κ1) is 17.0. The summed E-state index contributed by atoms with van der Waals surface area (Å²) in [5.41, 5.74) is 2.54. The number of halogens is 1. The predicted octanol–water partition coefficient (Wildman–Crippen LogP) is 5.19. The van der Waals surface area contributed by atoms with Crippen LogP contribution in [-0.4, -0.2) is 15.6 Å². The number of fused-ring (bicyclic) bond motifs is 3. The van der Waals surface area contributed by atoms with Gasteiger partial charge in [0.05, 0.1) is 17.2 Å². The van der Waals surface area contributed by atoms with Gasteiger partial charge in [0.15, 0.2) is 0 Å². The topological polar surface area (TPSA) is 81.1 Å². The molecule has 0 spiro atoms. The van der Waals surface area contributed by atoms with Crippen LogP contribution < -0.4 is 4.74 Å². The van der Waals surface area contributed by atoms with Gasteiger partial charge < -0.3 is 9.15 Å². The van der Waals surface area contributed by atoms with Gasteiger partial charge in [0.2, 0.25) is 6.23 Å². The average Bonchev–Trinajstić information content (AvgIpc) is 3.37. The maximum Gasteiger partial charge on any atom is 0.269 e. The first-order valence-corrected chi connectivity index (χ1v) is 9.49. The van der Waals surface area contributed by atoms with Gasteiger partial charge in [-0.3, -0.25) is 10.1 Å². The van der Waals surface area contributed by atoms with Crippen molar-refractivity contribution in [1.29, 1.82) is 0 Å². The standard InChI is InChI=1S/C20H14BrN3O4/c21-13-6-7-18-15(10-13)17-11-16(19-5-2-8-27-19)22-23(17)20(28-18)12-3-1-4-14(9-12)24(25)26/h1-10,17,20H,11H2/t17-,20-/m1/s1. The van der Waals surface area contributed by atoms with Crippen LogP contribution in [0.3, 0.4) is 0 Å². The van der Waals surface area contributed by atoms with E-state index >= 15 is 0 Å². The summed E-state index contributed by atoms with van der Waals surface area (Å²) < 4.78 is 12.7. The molecule has 3 heterocycles. The summed E-state index contributed by atoms with van der Waals surface area (Å²) in [6, 6.07) is 16.0. The van der Waals surface area contributed by atoms with Crippen LogP contribution in [0.5, 0.6) is 5.75 Å². The normalized spacial score (nSPS) is 20.2. The molecular formula is C20H14BrN3O4.